The molecule has 0 radical (unpaired) electrons. The minimum absolute atomic E-state index is 0.0763. The first-order valence-corrected chi connectivity index (χ1v) is 8.20. The van der Waals surface area contributed by atoms with E-state index in [0.717, 1.165) is 31.6 Å². The molecule has 1 aliphatic carbocycles. The SMILES string of the molecule is CC1SCCN(C(=O)C2CCCC(C(=O)O)C2)C1C. The van der Waals surface area contributed by atoms with E-state index in [1.165, 1.54) is 0 Å². The molecule has 1 saturated carbocycles. The summed E-state index contributed by atoms with van der Waals surface area (Å²) in [5.74, 6) is 0.0349. The zero-order valence-electron chi connectivity index (χ0n) is 11.7. The fraction of sp³-hybridized carbons (Fsp3) is 0.857. The van der Waals surface area contributed by atoms with Gasteiger partial charge in [0.1, 0.15) is 0 Å². The lowest BCUT2D eigenvalue weighted by Gasteiger charge is -2.40. The lowest BCUT2D eigenvalue weighted by atomic mass is 9.80. The van der Waals surface area contributed by atoms with Gasteiger partial charge in [-0.25, -0.2) is 0 Å². The summed E-state index contributed by atoms with van der Waals surface area (Å²) in [4.78, 5) is 25.7. The van der Waals surface area contributed by atoms with Crippen molar-refractivity contribution in [3.05, 3.63) is 0 Å². The van der Waals surface area contributed by atoms with E-state index in [-0.39, 0.29) is 23.8 Å². The number of carboxylic acids is 1. The van der Waals surface area contributed by atoms with Crippen LogP contribution >= 0.6 is 11.8 Å². The standard InChI is InChI=1S/C14H23NO3S/c1-9-10(2)19-7-6-15(9)13(16)11-4-3-5-12(8-11)14(17)18/h9-12H,3-8H2,1-2H3,(H,17,18). The van der Waals surface area contributed by atoms with Crippen molar-refractivity contribution in [2.24, 2.45) is 11.8 Å². The summed E-state index contributed by atoms with van der Waals surface area (Å²) in [5, 5.41) is 9.58. The van der Waals surface area contributed by atoms with E-state index in [0.29, 0.717) is 11.7 Å². The van der Waals surface area contributed by atoms with E-state index >= 15 is 0 Å². The second kappa shape index (κ2) is 6.16. The van der Waals surface area contributed by atoms with E-state index in [9.17, 15) is 9.59 Å². The zero-order chi connectivity index (χ0) is 14.0. The molecule has 0 spiro atoms. The molecule has 1 heterocycles. The average molecular weight is 285 g/mol. The summed E-state index contributed by atoms with van der Waals surface area (Å²) in [6.45, 7) is 5.07. The van der Waals surface area contributed by atoms with Gasteiger partial charge in [0, 0.05) is 29.5 Å². The summed E-state index contributed by atoms with van der Waals surface area (Å²) >= 11 is 1.91. The van der Waals surface area contributed by atoms with Crippen LogP contribution in [-0.2, 0) is 9.59 Å². The van der Waals surface area contributed by atoms with Gasteiger partial charge < -0.3 is 10.0 Å². The van der Waals surface area contributed by atoms with Crippen LogP contribution < -0.4 is 0 Å². The predicted molar refractivity (Wildman–Crippen MR) is 76.2 cm³/mol. The van der Waals surface area contributed by atoms with E-state index in [4.69, 9.17) is 5.11 Å². The third kappa shape index (κ3) is 3.25. The van der Waals surface area contributed by atoms with Gasteiger partial charge in [0.15, 0.2) is 0 Å². The largest absolute Gasteiger partial charge is 0.481 e. The molecule has 2 aliphatic rings. The summed E-state index contributed by atoms with van der Waals surface area (Å²) < 4.78 is 0. The van der Waals surface area contributed by atoms with Gasteiger partial charge in [0.05, 0.1) is 5.92 Å². The molecule has 0 aromatic rings. The second-order valence-electron chi connectivity index (χ2n) is 5.75. The Hall–Kier alpha value is -0.710. The molecule has 1 amide bonds. The number of amides is 1. The van der Waals surface area contributed by atoms with Crippen LogP contribution in [0.4, 0.5) is 0 Å². The molecule has 108 valence electrons. The lowest BCUT2D eigenvalue weighted by Crippen LogP contribution is -2.50. The third-order valence-corrected chi connectivity index (χ3v) is 5.88. The van der Waals surface area contributed by atoms with Crippen LogP contribution in [0.3, 0.4) is 0 Å². The fourth-order valence-electron chi connectivity index (χ4n) is 3.12. The van der Waals surface area contributed by atoms with Crippen LogP contribution in [0.5, 0.6) is 0 Å². The minimum Gasteiger partial charge on any atom is -0.481 e. The molecular weight excluding hydrogens is 262 g/mol. The molecular formula is C14H23NO3S. The summed E-state index contributed by atoms with van der Waals surface area (Å²) in [5.41, 5.74) is 0. The van der Waals surface area contributed by atoms with Crippen LogP contribution in [-0.4, -0.2) is 45.5 Å². The fourth-order valence-corrected chi connectivity index (χ4v) is 4.22. The van der Waals surface area contributed by atoms with E-state index < -0.39 is 5.97 Å². The zero-order valence-corrected chi connectivity index (χ0v) is 12.5. The number of thioether (sulfide) groups is 1. The molecule has 2 rings (SSSR count). The van der Waals surface area contributed by atoms with Crippen molar-refractivity contribution in [3.8, 4) is 0 Å². The Morgan fingerprint density at radius 2 is 1.89 bits per heavy atom. The molecule has 19 heavy (non-hydrogen) atoms. The Labute approximate surface area is 118 Å². The molecule has 1 aliphatic heterocycles. The van der Waals surface area contributed by atoms with Crippen molar-refractivity contribution < 1.29 is 14.7 Å². The predicted octanol–water partition coefficient (Wildman–Crippen LogP) is 2.23. The van der Waals surface area contributed by atoms with Gasteiger partial charge >= 0.3 is 5.97 Å². The van der Waals surface area contributed by atoms with Crippen molar-refractivity contribution in [1.29, 1.82) is 0 Å². The number of aliphatic carboxylic acids is 1. The Kier molecular flexibility index (Phi) is 4.76. The Balaban J connectivity index is 2.00. The maximum absolute atomic E-state index is 12.6. The van der Waals surface area contributed by atoms with Gasteiger partial charge in [-0.05, 0) is 26.2 Å². The van der Waals surface area contributed by atoms with Gasteiger partial charge in [-0.15, -0.1) is 0 Å². The molecule has 0 aromatic heterocycles. The lowest BCUT2D eigenvalue weighted by molar-refractivity contribution is -0.146. The third-order valence-electron chi connectivity index (χ3n) is 4.54. The number of nitrogens with zero attached hydrogens (tertiary/aromatic N) is 1. The van der Waals surface area contributed by atoms with Crippen molar-refractivity contribution >= 4 is 23.6 Å². The number of rotatable bonds is 2. The van der Waals surface area contributed by atoms with E-state index in [1.807, 2.05) is 16.7 Å². The van der Waals surface area contributed by atoms with Crippen molar-refractivity contribution in [2.45, 2.75) is 50.8 Å². The number of carbonyl (C=O) groups is 2. The first-order valence-electron chi connectivity index (χ1n) is 7.15. The average Bonchev–Trinajstić information content (AvgIpc) is 2.41. The number of carboxylic acid groups (broad SMARTS) is 1. The molecule has 0 aromatic carbocycles. The van der Waals surface area contributed by atoms with E-state index in [2.05, 4.69) is 13.8 Å². The first-order chi connectivity index (χ1) is 9.00. The normalized spacial score (nSPS) is 36.0. The quantitative estimate of drug-likeness (QED) is 0.845. The smallest absolute Gasteiger partial charge is 0.306 e. The molecule has 0 bridgehead atoms. The highest BCUT2D eigenvalue weighted by molar-refractivity contribution is 8.00. The monoisotopic (exact) mass is 285 g/mol. The summed E-state index contributed by atoms with van der Waals surface area (Å²) in [6, 6.07) is 0.261. The van der Waals surface area contributed by atoms with Gasteiger partial charge in [0.25, 0.3) is 0 Å². The summed E-state index contributed by atoms with van der Waals surface area (Å²) in [6.07, 6.45) is 2.97. The minimum atomic E-state index is -0.742. The second-order valence-corrected chi connectivity index (χ2v) is 7.23. The topological polar surface area (TPSA) is 57.6 Å². The number of hydrogen-bond donors (Lipinski definition) is 1. The van der Waals surface area contributed by atoms with Crippen LogP contribution in [0.15, 0.2) is 0 Å². The van der Waals surface area contributed by atoms with Crippen LogP contribution in [0.1, 0.15) is 39.5 Å². The highest BCUT2D eigenvalue weighted by Gasteiger charge is 2.36. The molecule has 5 heteroatoms. The number of carbonyl (C=O) groups excluding carboxylic acids is 1. The highest BCUT2D eigenvalue weighted by atomic mass is 32.2. The molecule has 1 N–H and O–H groups in total. The van der Waals surface area contributed by atoms with Gasteiger partial charge in [0.2, 0.25) is 5.91 Å². The molecule has 4 unspecified atom stereocenters. The van der Waals surface area contributed by atoms with Gasteiger partial charge in [-0.1, -0.05) is 13.3 Å². The van der Waals surface area contributed by atoms with Gasteiger partial charge in [-0.2, -0.15) is 11.8 Å². The Morgan fingerprint density at radius 1 is 1.21 bits per heavy atom. The van der Waals surface area contributed by atoms with Crippen LogP contribution in [0, 0.1) is 11.8 Å². The van der Waals surface area contributed by atoms with Crippen LogP contribution in [0.2, 0.25) is 0 Å². The van der Waals surface area contributed by atoms with Crippen molar-refractivity contribution in [1.82, 2.24) is 4.90 Å². The maximum Gasteiger partial charge on any atom is 0.306 e. The van der Waals surface area contributed by atoms with Crippen molar-refractivity contribution in [3.63, 3.8) is 0 Å². The number of hydrogen-bond acceptors (Lipinski definition) is 3. The first kappa shape index (κ1) is 14.7. The Bertz CT molecular complexity index is 361. The molecule has 4 nitrogen and oxygen atoms in total. The molecule has 4 atom stereocenters. The highest BCUT2D eigenvalue weighted by Crippen LogP contribution is 2.33. The summed E-state index contributed by atoms with van der Waals surface area (Å²) in [7, 11) is 0. The van der Waals surface area contributed by atoms with Crippen LogP contribution in [0.25, 0.3) is 0 Å². The maximum atomic E-state index is 12.6. The van der Waals surface area contributed by atoms with Crippen molar-refractivity contribution in [2.75, 3.05) is 12.3 Å². The molecule has 2 fully saturated rings. The van der Waals surface area contributed by atoms with E-state index in [1.54, 1.807) is 0 Å². The Morgan fingerprint density at radius 3 is 2.58 bits per heavy atom. The van der Waals surface area contributed by atoms with Gasteiger partial charge in [-0.3, -0.25) is 9.59 Å². The molecule has 1 saturated heterocycles.